The molecule has 21 nitrogen and oxygen atoms in total. The van der Waals surface area contributed by atoms with Crippen molar-refractivity contribution in [3.05, 3.63) is 11.6 Å². The van der Waals surface area contributed by atoms with E-state index in [0.717, 1.165) is 32.1 Å². The Morgan fingerprint density at radius 1 is 0.613 bits per heavy atom. The molecule has 75 heavy (non-hydrogen) atoms. The summed E-state index contributed by atoms with van der Waals surface area (Å²) in [4.78, 5) is 0. The highest BCUT2D eigenvalue weighted by Gasteiger charge is 2.83. The van der Waals surface area contributed by atoms with Gasteiger partial charge in [0.15, 0.2) is 43.0 Å². The molecule has 11 rings (SSSR count). The molecule has 10 fully saturated rings. The third-order valence-electron chi connectivity index (χ3n) is 20.0. The molecule has 0 aromatic heterocycles. The first-order valence-corrected chi connectivity index (χ1v) is 27.9. The van der Waals surface area contributed by atoms with E-state index < -0.39 is 135 Å². The largest absolute Gasteiger partial charge is 0.394 e. The van der Waals surface area contributed by atoms with Crippen LogP contribution in [0.25, 0.3) is 0 Å². The van der Waals surface area contributed by atoms with Crippen LogP contribution in [0.3, 0.4) is 0 Å². The van der Waals surface area contributed by atoms with E-state index in [4.69, 9.17) is 75.8 Å². The summed E-state index contributed by atoms with van der Waals surface area (Å²) in [5.41, 5.74) is 1.51. The Bertz CT molecular complexity index is 2010. The molecule has 0 aromatic carbocycles. The van der Waals surface area contributed by atoms with Crippen LogP contribution in [0.5, 0.6) is 0 Å². The van der Waals surface area contributed by atoms with Crippen molar-refractivity contribution in [2.75, 3.05) is 34.5 Å². The van der Waals surface area contributed by atoms with Gasteiger partial charge in [0.25, 0.3) is 0 Å². The van der Waals surface area contributed by atoms with E-state index in [1.807, 2.05) is 13.8 Å². The summed E-state index contributed by atoms with van der Waals surface area (Å²) >= 11 is 0. The smallest absolute Gasteiger partial charge is 0.187 e. The van der Waals surface area contributed by atoms with Gasteiger partial charge in [-0.3, -0.25) is 0 Å². The summed E-state index contributed by atoms with van der Waals surface area (Å²) in [6.07, 6.45) is -7.07. The maximum absolute atomic E-state index is 11.5. The summed E-state index contributed by atoms with van der Waals surface area (Å²) in [6.45, 7) is 14.5. The molecule has 0 spiro atoms. The number of allylic oxidation sites excluding steroid dienone is 1. The first-order valence-electron chi connectivity index (χ1n) is 27.9. The first kappa shape index (κ1) is 55.8. The van der Waals surface area contributed by atoms with Gasteiger partial charge in [0.05, 0.1) is 80.2 Å². The van der Waals surface area contributed by atoms with Crippen LogP contribution in [-0.2, 0) is 75.8 Å². The molecule has 2 saturated carbocycles. The zero-order valence-corrected chi connectivity index (χ0v) is 45.3. The number of ether oxygens (including phenoxy) is 16. The van der Waals surface area contributed by atoms with Crippen molar-refractivity contribution in [3.8, 4) is 0 Å². The van der Waals surface area contributed by atoms with Crippen molar-refractivity contribution in [3.63, 3.8) is 0 Å². The zero-order chi connectivity index (χ0) is 53.1. The van der Waals surface area contributed by atoms with E-state index in [1.54, 1.807) is 28.1 Å². The van der Waals surface area contributed by atoms with E-state index in [2.05, 4.69) is 26.8 Å². The Kier molecular flexibility index (Phi) is 15.9. The molecule has 428 valence electrons. The fourth-order valence-electron chi connectivity index (χ4n) is 16.1. The van der Waals surface area contributed by atoms with Crippen LogP contribution in [-0.4, -0.2) is 213 Å². The Balaban J connectivity index is 0.645. The van der Waals surface area contributed by atoms with Gasteiger partial charge in [-0.25, -0.2) is 0 Å². The third-order valence-corrected chi connectivity index (χ3v) is 20.0. The van der Waals surface area contributed by atoms with Crippen LogP contribution in [0.2, 0.25) is 0 Å². The highest BCUT2D eigenvalue weighted by molar-refractivity contribution is 5.30. The van der Waals surface area contributed by atoms with Gasteiger partial charge in [-0.05, 0) is 84.5 Å². The summed E-state index contributed by atoms with van der Waals surface area (Å²) in [5.74, 6) is -0.0949. The van der Waals surface area contributed by atoms with Crippen LogP contribution in [0.4, 0.5) is 0 Å². The second kappa shape index (κ2) is 21.3. The average molecular weight is 1070 g/mol. The minimum absolute atomic E-state index is 0.0286. The maximum Gasteiger partial charge on any atom is 0.187 e. The predicted molar refractivity (Wildman–Crippen MR) is 258 cm³/mol. The van der Waals surface area contributed by atoms with Gasteiger partial charge in [0.2, 0.25) is 0 Å². The van der Waals surface area contributed by atoms with Crippen LogP contribution in [0.1, 0.15) is 113 Å². The molecule has 21 heteroatoms. The molecule has 0 aromatic rings. The molecule has 5 N–H and O–H groups in total. The Morgan fingerprint density at radius 2 is 1.16 bits per heavy atom. The number of aliphatic hydroxyl groups excluding tert-OH is 5. The predicted octanol–water partition coefficient (Wildman–Crippen LogP) is 2.70. The summed E-state index contributed by atoms with van der Waals surface area (Å²) in [6, 6.07) is 0. The number of hydrogen-bond donors (Lipinski definition) is 5. The Morgan fingerprint density at radius 3 is 1.72 bits per heavy atom. The molecule has 3 aliphatic carbocycles. The van der Waals surface area contributed by atoms with Gasteiger partial charge in [-0.15, -0.1) is 0 Å². The van der Waals surface area contributed by atoms with Crippen molar-refractivity contribution in [1.29, 1.82) is 0 Å². The molecule has 8 saturated heterocycles. The van der Waals surface area contributed by atoms with E-state index in [1.165, 1.54) is 19.1 Å². The average Bonchev–Trinajstić information content (AvgIpc) is 4.07. The highest BCUT2D eigenvalue weighted by atomic mass is 16.8. The van der Waals surface area contributed by atoms with Gasteiger partial charge >= 0.3 is 0 Å². The molecular weight excluding hydrogens is 985 g/mol. The Labute approximate surface area is 440 Å². The summed E-state index contributed by atoms with van der Waals surface area (Å²) in [5, 5.41) is 52.2. The van der Waals surface area contributed by atoms with Crippen LogP contribution in [0.15, 0.2) is 11.6 Å². The topological polar surface area (TPSA) is 249 Å². The van der Waals surface area contributed by atoms with Crippen molar-refractivity contribution >= 4 is 0 Å². The van der Waals surface area contributed by atoms with E-state index >= 15 is 0 Å². The lowest BCUT2D eigenvalue weighted by Gasteiger charge is -2.59. The number of rotatable bonds is 14. The minimum atomic E-state index is -1.60. The Hall–Kier alpha value is -1.10. The zero-order valence-electron chi connectivity index (χ0n) is 45.3. The summed E-state index contributed by atoms with van der Waals surface area (Å²) in [7, 11) is 4.83. The summed E-state index contributed by atoms with van der Waals surface area (Å²) < 4.78 is 101. The lowest BCUT2D eigenvalue weighted by molar-refractivity contribution is -0.359. The molecule has 0 amide bonds. The van der Waals surface area contributed by atoms with Crippen LogP contribution >= 0.6 is 0 Å². The SMILES string of the molecule is CO[C@H]1C[C@@H](O[C@H]2[C@H](C)O[C@H](O[C@H]3[C@H](C)O[C@H](O[C@H]4[C@H](C)O[C@H](O[C@H]5CC[C@@]6(C)C(=CC[C@@H]7[C@@H]6CC[C@]6(C)[C@@H]8[C@H]9CO[C@]8(C)O[C@@]76O9)C5)C[C@H]4OC)C[C@H]3OC)C[C@@H]2O)O[C@@H](C)[C@@H]1O[C@H]1O[C@@H](CO)[C@H](O)[C@@H](O)[C@@H]1O. The van der Waals surface area contributed by atoms with Crippen molar-refractivity contribution in [1.82, 2.24) is 0 Å². The number of methoxy groups -OCH3 is 3. The lowest BCUT2D eigenvalue weighted by Crippen LogP contribution is -2.62. The highest BCUT2D eigenvalue weighted by Crippen LogP contribution is 2.76. The fourth-order valence-corrected chi connectivity index (χ4v) is 16.1. The molecule has 8 aliphatic heterocycles. The quantitative estimate of drug-likeness (QED) is 0.157. The van der Waals surface area contributed by atoms with E-state index in [-0.39, 0.29) is 54.0 Å². The van der Waals surface area contributed by atoms with E-state index in [9.17, 15) is 25.5 Å². The minimum Gasteiger partial charge on any atom is -0.394 e. The number of hydrogen-bond acceptors (Lipinski definition) is 21. The molecule has 30 atom stereocenters. The van der Waals surface area contributed by atoms with Gasteiger partial charge in [-0.2, -0.15) is 0 Å². The monoisotopic (exact) mass is 1070 g/mol. The first-order chi connectivity index (χ1) is 35.8. The number of aliphatic hydroxyl groups is 5. The van der Waals surface area contributed by atoms with Crippen molar-refractivity contribution < 1.29 is 101 Å². The van der Waals surface area contributed by atoms with Crippen molar-refractivity contribution in [2.45, 2.75) is 266 Å². The van der Waals surface area contributed by atoms with E-state index in [0.29, 0.717) is 31.3 Å². The number of fused-ring (bicyclic) bond motifs is 3. The standard InChI is InChI=1S/C54H86O21/c1-24-45(70-40-21-35(62-10)48(27(4)67-40)73-50-44(59)43(58)42(57)36(22-55)69-50)32(56)18-38(64-24)71-46-26(3)66-41(20-34(46)61-9)72-47-25(2)65-39(19-33(47)60-8)68-29-13-15-51(5)28(17-29)11-12-31-30(51)14-16-52(6)49-37-23-63-53(49,7)75-54(31,52)74-37/h11,24-27,29-50,55-59H,12-23H2,1-10H3/t24-,25-,26-,27-,29-,30-,31+,32-,33+,34+,35-,36-,37+,38+,39+,40+,41+,42-,43+,44-,45-,46-,47-,48-,49-,50+,51-,52+,53+,54-/m0/s1. The normalized spacial score (nSPS) is 56.5. The van der Waals surface area contributed by atoms with Gasteiger partial charge < -0.3 is 101 Å². The molecule has 11 aliphatic rings. The second-order valence-corrected chi connectivity index (χ2v) is 24.3. The third kappa shape index (κ3) is 9.55. The lowest BCUT2D eigenvalue weighted by atomic mass is 9.48. The molecule has 0 radical (unpaired) electrons. The fraction of sp³-hybridized carbons (Fsp3) is 0.963. The van der Waals surface area contributed by atoms with Crippen molar-refractivity contribution in [2.24, 2.45) is 28.6 Å². The van der Waals surface area contributed by atoms with Gasteiger partial charge in [0.1, 0.15) is 48.8 Å². The molecular formula is C54H86O21. The molecule has 8 heterocycles. The molecule has 0 unspecified atom stereocenters. The maximum atomic E-state index is 11.5. The molecule has 2 bridgehead atoms. The van der Waals surface area contributed by atoms with Crippen LogP contribution < -0.4 is 0 Å². The second-order valence-electron chi connectivity index (χ2n) is 24.3. The van der Waals surface area contributed by atoms with Gasteiger partial charge in [0, 0.05) is 58.3 Å². The van der Waals surface area contributed by atoms with Gasteiger partial charge in [-0.1, -0.05) is 25.5 Å². The van der Waals surface area contributed by atoms with Crippen LogP contribution in [0, 0.1) is 28.6 Å².